The molecule has 124 valence electrons. The fraction of sp³-hybridized carbons (Fsp3) is 0.111. The summed E-state index contributed by atoms with van der Waals surface area (Å²) in [6, 6.07) is 13.8. The van der Waals surface area contributed by atoms with E-state index in [1.165, 1.54) is 12.1 Å². The predicted molar refractivity (Wildman–Crippen MR) is 92.1 cm³/mol. The van der Waals surface area contributed by atoms with E-state index in [1.54, 1.807) is 18.2 Å². The van der Waals surface area contributed by atoms with Crippen LogP contribution in [0.2, 0.25) is 5.02 Å². The standard InChI is InChI=1S/C18H16ClNO4/c19-15-8-9-16(17(21)22)14(11-15)7-4-10-20-18(23)24-12-13-5-2-1-3-6-13/h1-9,11H,10,12H2,(H,20,23)(H,21,22). The molecule has 2 aromatic carbocycles. The molecule has 0 saturated heterocycles. The lowest BCUT2D eigenvalue weighted by atomic mass is 10.1. The molecule has 0 aromatic heterocycles. The van der Waals surface area contributed by atoms with Crippen LogP contribution < -0.4 is 5.32 Å². The molecule has 0 aliphatic heterocycles. The normalized spacial score (nSPS) is 10.5. The van der Waals surface area contributed by atoms with E-state index < -0.39 is 12.1 Å². The number of carbonyl (C=O) groups is 2. The predicted octanol–water partition coefficient (Wildman–Crippen LogP) is 3.98. The summed E-state index contributed by atoms with van der Waals surface area (Å²) in [4.78, 5) is 22.7. The van der Waals surface area contributed by atoms with Crippen molar-refractivity contribution < 1.29 is 19.4 Å². The maximum atomic E-state index is 11.6. The van der Waals surface area contributed by atoms with Crippen LogP contribution in [0, 0.1) is 0 Å². The Morgan fingerprint density at radius 2 is 1.92 bits per heavy atom. The molecule has 2 rings (SSSR count). The van der Waals surface area contributed by atoms with E-state index in [0.717, 1.165) is 5.56 Å². The van der Waals surface area contributed by atoms with Crippen molar-refractivity contribution in [2.75, 3.05) is 6.54 Å². The fourth-order valence-electron chi connectivity index (χ4n) is 1.97. The molecule has 0 saturated carbocycles. The Balaban J connectivity index is 1.83. The number of carbonyl (C=O) groups excluding carboxylic acids is 1. The number of amides is 1. The Morgan fingerprint density at radius 3 is 2.62 bits per heavy atom. The van der Waals surface area contributed by atoms with Gasteiger partial charge in [-0.2, -0.15) is 0 Å². The van der Waals surface area contributed by atoms with Crippen LogP contribution in [0.5, 0.6) is 0 Å². The maximum absolute atomic E-state index is 11.6. The van der Waals surface area contributed by atoms with E-state index in [4.69, 9.17) is 21.4 Å². The van der Waals surface area contributed by atoms with Gasteiger partial charge in [-0.25, -0.2) is 9.59 Å². The van der Waals surface area contributed by atoms with Crippen LogP contribution in [0.3, 0.4) is 0 Å². The van der Waals surface area contributed by atoms with Crippen LogP contribution in [-0.4, -0.2) is 23.7 Å². The van der Waals surface area contributed by atoms with Gasteiger partial charge >= 0.3 is 12.1 Å². The first kappa shape index (κ1) is 17.6. The minimum absolute atomic E-state index is 0.141. The summed E-state index contributed by atoms with van der Waals surface area (Å²) in [5, 5.41) is 12.1. The molecule has 0 aliphatic carbocycles. The number of carboxylic acids is 1. The third kappa shape index (κ3) is 5.44. The molecule has 0 fully saturated rings. The second-order valence-electron chi connectivity index (χ2n) is 4.88. The van der Waals surface area contributed by atoms with Gasteiger partial charge in [0, 0.05) is 11.6 Å². The second-order valence-corrected chi connectivity index (χ2v) is 5.32. The molecule has 0 aliphatic rings. The third-order valence-corrected chi connectivity index (χ3v) is 3.35. The van der Waals surface area contributed by atoms with Crippen LogP contribution in [0.1, 0.15) is 21.5 Å². The summed E-state index contributed by atoms with van der Waals surface area (Å²) in [7, 11) is 0. The molecule has 6 heteroatoms. The van der Waals surface area contributed by atoms with Crippen LogP contribution in [-0.2, 0) is 11.3 Å². The zero-order valence-electron chi connectivity index (χ0n) is 12.7. The number of alkyl carbamates (subject to hydrolysis) is 1. The van der Waals surface area contributed by atoms with Crippen molar-refractivity contribution in [2.45, 2.75) is 6.61 Å². The lowest BCUT2D eigenvalue weighted by Gasteiger charge is -2.05. The molecule has 0 unspecified atom stereocenters. The van der Waals surface area contributed by atoms with Crippen molar-refractivity contribution in [3.8, 4) is 0 Å². The first-order chi connectivity index (χ1) is 11.6. The van der Waals surface area contributed by atoms with E-state index in [0.29, 0.717) is 10.6 Å². The average molecular weight is 346 g/mol. The molecule has 1 amide bonds. The maximum Gasteiger partial charge on any atom is 0.407 e. The summed E-state index contributed by atoms with van der Waals surface area (Å²) in [6.07, 6.45) is 2.67. The summed E-state index contributed by atoms with van der Waals surface area (Å²) >= 11 is 5.87. The van der Waals surface area contributed by atoms with Gasteiger partial charge in [-0.1, -0.05) is 54.1 Å². The van der Waals surface area contributed by atoms with E-state index in [-0.39, 0.29) is 18.7 Å². The Hall–Kier alpha value is -2.79. The highest BCUT2D eigenvalue weighted by Crippen LogP contribution is 2.17. The Labute approximate surface area is 144 Å². The Bertz CT molecular complexity index is 744. The smallest absolute Gasteiger partial charge is 0.407 e. The van der Waals surface area contributed by atoms with Crippen molar-refractivity contribution in [1.82, 2.24) is 5.32 Å². The first-order valence-corrected chi connectivity index (χ1v) is 7.58. The van der Waals surface area contributed by atoms with Gasteiger partial charge in [0.1, 0.15) is 6.61 Å². The van der Waals surface area contributed by atoms with Gasteiger partial charge in [0.25, 0.3) is 0 Å². The van der Waals surface area contributed by atoms with Gasteiger partial charge in [0.05, 0.1) is 5.56 Å². The zero-order valence-corrected chi connectivity index (χ0v) is 13.5. The summed E-state index contributed by atoms with van der Waals surface area (Å²) in [5.74, 6) is -1.04. The van der Waals surface area contributed by atoms with Crippen LogP contribution in [0.25, 0.3) is 6.08 Å². The highest BCUT2D eigenvalue weighted by molar-refractivity contribution is 6.30. The van der Waals surface area contributed by atoms with E-state index in [1.807, 2.05) is 30.3 Å². The number of halogens is 1. The molecular formula is C18H16ClNO4. The highest BCUT2D eigenvalue weighted by Gasteiger charge is 2.08. The van der Waals surface area contributed by atoms with Crippen molar-refractivity contribution in [1.29, 1.82) is 0 Å². The number of hydrogen-bond acceptors (Lipinski definition) is 3. The third-order valence-electron chi connectivity index (χ3n) is 3.12. The number of nitrogens with one attached hydrogen (secondary N) is 1. The Kier molecular flexibility index (Phi) is 6.40. The van der Waals surface area contributed by atoms with Gasteiger partial charge in [-0.3, -0.25) is 0 Å². The van der Waals surface area contributed by atoms with Gasteiger partial charge in [0.15, 0.2) is 0 Å². The minimum Gasteiger partial charge on any atom is -0.478 e. The van der Waals surface area contributed by atoms with Crippen molar-refractivity contribution in [3.63, 3.8) is 0 Å². The molecule has 0 heterocycles. The van der Waals surface area contributed by atoms with Gasteiger partial charge in [0.2, 0.25) is 0 Å². The molecule has 0 bridgehead atoms. The van der Waals surface area contributed by atoms with Crippen molar-refractivity contribution in [2.24, 2.45) is 0 Å². The van der Waals surface area contributed by atoms with Crippen molar-refractivity contribution >= 4 is 29.7 Å². The number of carboxylic acid groups (broad SMARTS) is 1. The molecular weight excluding hydrogens is 330 g/mol. The van der Waals surface area contributed by atoms with Crippen molar-refractivity contribution in [3.05, 3.63) is 76.3 Å². The van der Waals surface area contributed by atoms with E-state index >= 15 is 0 Å². The van der Waals surface area contributed by atoms with Gasteiger partial charge in [-0.15, -0.1) is 0 Å². The lowest BCUT2D eigenvalue weighted by molar-refractivity contribution is 0.0696. The topological polar surface area (TPSA) is 75.6 Å². The number of rotatable bonds is 6. The highest BCUT2D eigenvalue weighted by atomic mass is 35.5. The SMILES string of the molecule is O=C(NCC=Cc1cc(Cl)ccc1C(=O)O)OCc1ccccc1. The second kappa shape index (κ2) is 8.74. The average Bonchev–Trinajstić information content (AvgIpc) is 2.57. The number of benzene rings is 2. The molecule has 0 radical (unpaired) electrons. The fourth-order valence-corrected chi connectivity index (χ4v) is 2.15. The molecule has 0 atom stereocenters. The van der Waals surface area contributed by atoms with E-state index in [2.05, 4.69) is 5.32 Å². The molecule has 2 aromatic rings. The summed E-state index contributed by atoms with van der Waals surface area (Å²) < 4.78 is 5.06. The molecule has 24 heavy (non-hydrogen) atoms. The monoisotopic (exact) mass is 345 g/mol. The first-order valence-electron chi connectivity index (χ1n) is 7.20. The molecule has 0 spiro atoms. The number of ether oxygens (including phenoxy) is 1. The largest absolute Gasteiger partial charge is 0.478 e. The number of aromatic carboxylic acids is 1. The number of hydrogen-bond donors (Lipinski definition) is 2. The van der Waals surface area contributed by atoms with Gasteiger partial charge < -0.3 is 15.2 Å². The van der Waals surface area contributed by atoms with Crippen LogP contribution in [0.15, 0.2) is 54.6 Å². The Morgan fingerprint density at radius 1 is 1.17 bits per heavy atom. The minimum atomic E-state index is -1.04. The van der Waals surface area contributed by atoms with Crippen LogP contribution >= 0.6 is 11.6 Å². The van der Waals surface area contributed by atoms with Gasteiger partial charge in [-0.05, 0) is 29.3 Å². The lowest BCUT2D eigenvalue weighted by Crippen LogP contribution is -2.24. The van der Waals surface area contributed by atoms with E-state index in [9.17, 15) is 9.59 Å². The van der Waals surface area contributed by atoms with Crippen LogP contribution in [0.4, 0.5) is 4.79 Å². The zero-order chi connectivity index (χ0) is 17.4. The molecule has 5 nitrogen and oxygen atoms in total. The summed E-state index contributed by atoms with van der Waals surface area (Å²) in [5.41, 5.74) is 1.50. The molecule has 2 N–H and O–H groups in total. The quantitative estimate of drug-likeness (QED) is 0.830. The summed E-state index contributed by atoms with van der Waals surface area (Å²) in [6.45, 7) is 0.396.